The number of benzene rings is 1. The predicted octanol–water partition coefficient (Wildman–Crippen LogP) is 1.61. The second-order valence-corrected chi connectivity index (χ2v) is 3.22. The van der Waals surface area contributed by atoms with E-state index in [9.17, 15) is 0 Å². The fourth-order valence-electron chi connectivity index (χ4n) is 0.610. The zero-order valence-electron chi connectivity index (χ0n) is 7.83. The summed E-state index contributed by atoms with van der Waals surface area (Å²) >= 11 is 1.27. The molecule has 0 aliphatic heterocycles. The first-order valence-electron chi connectivity index (χ1n) is 4.15. The molecule has 0 saturated heterocycles. The van der Waals surface area contributed by atoms with Gasteiger partial charge in [-0.25, -0.2) is 0 Å². The maximum Gasteiger partial charge on any atom is 0.217 e. The average Bonchev–Trinajstić information content (AvgIpc) is 2.19. The highest BCUT2D eigenvalue weighted by molar-refractivity contribution is 6.09. The first-order chi connectivity index (χ1) is 6.26. The molecule has 0 bridgehead atoms. The Morgan fingerprint density at radius 2 is 2.00 bits per heavy atom. The van der Waals surface area contributed by atoms with Gasteiger partial charge in [-0.05, 0) is 12.1 Å². The summed E-state index contributed by atoms with van der Waals surface area (Å²) in [4.78, 5) is 0. The van der Waals surface area contributed by atoms with Gasteiger partial charge in [0, 0.05) is 11.8 Å². The van der Waals surface area contributed by atoms with Crippen LogP contribution in [0.4, 0.5) is 0 Å². The van der Waals surface area contributed by atoms with Crippen molar-refractivity contribution in [2.24, 2.45) is 0 Å². The smallest absolute Gasteiger partial charge is 0.217 e. The summed E-state index contributed by atoms with van der Waals surface area (Å²) in [6.07, 6.45) is 3.06. The molecule has 0 atom stereocenters. The summed E-state index contributed by atoms with van der Waals surface area (Å²) < 4.78 is 0. The number of allylic oxidation sites excluding steroid dienone is 1. The zero-order valence-corrected chi connectivity index (χ0v) is 9.83. The Morgan fingerprint density at radius 1 is 1.46 bits per heavy atom. The van der Waals surface area contributed by atoms with Crippen molar-refractivity contribution in [3.63, 3.8) is 0 Å². The van der Waals surface area contributed by atoms with Crippen molar-refractivity contribution < 1.29 is 5.11 Å². The highest BCUT2D eigenvalue weighted by Crippen LogP contribution is 2.11. The summed E-state index contributed by atoms with van der Waals surface area (Å²) in [6, 6.07) is 6.74. The maximum absolute atomic E-state index is 8.96. The van der Waals surface area contributed by atoms with E-state index in [2.05, 4.69) is 6.58 Å². The molecule has 3 heteroatoms. The summed E-state index contributed by atoms with van der Waals surface area (Å²) in [5.41, 5.74) is 0.553. The van der Waals surface area contributed by atoms with E-state index in [0.29, 0.717) is 5.56 Å². The lowest BCUT2D eigenvalue weighted by Crippen LogP contribution is -1.77. The normalized spacial score (nSPS) is 8.00. The predicted molar refractivity (Wildman–Crippen MR) is 59.5 cm³/mol. The molecule has 0 unspecified atom stereocenters. The van der Waals surface area contributed by atoms with Gasteiger partial charge in [0.1, 0.15) is 5.75 Å². The molecule has 0 aliphatic carbocycles. The molecule has 1 rings (SSSR count). The molecule has 1 aromatic rings. The van der Waals surface area contributed by atoms with Crippen LogP contribution in [0.3, 0.4) is 0 Å². The van der Waals surface area contributed by atoms with Crippen LogP contribution < -0.4 is 0 Å². The summed E-state index contributed by atoms with van der Waals surface area (Å²) in [7, 11) is 0. The number of hydrogen-bond acceptors (Lipinski definition) is 2. The quantitative estimate of drug-likeness (QED) is 0.416. The monoisotopic (exact) mass is 191 g/mol. The van der Waals surface area contributed by atoms with E-state index < -0.39 is 0 Å². The van der Waals surface area contributed by atoms with Gasteiger partial charge in [-0.1, -0.05) is 17.4 Å². The Labute approximate surface area is 86.8 Å². The number of phenolic OH excluding ortho intramolecular Hbond substituents is 1. The Balaban J connectivity index is 0.000000310. The van der Waals surface area contributed by atoms with Gasteiger partial charge < -0.3 is 10.5 Å². The van der Waals surface area contributed by atoms with Crippen LogP contribution in [0.5, 0.6) is 5.75 Å². The minimum atomic E-state index is 0.160. The minimum Gasteiger partial charge on any atom is -0.507 e. The number of para-hydroxylation sites is 1. The lowest BCUT2D eigenvalue weighted by atomic mass is 10.2. The van der Waals surface area contributed by atoms with E-state index in [1.165, 1.54) is 21.6 Å². The average molecular weight is 191 g/mol. The summed E-state index contributed by atoms with van der Waals surface area (Å²) in [5, 5.41) is 17.0. The Bertz CT molecular complexity index is 273. The third kappa shape index (κ3) is 5.24. The first kappa shape index (κ1) is 12.0. The van der Waals surface area contributed by atoms with Gasteiger partial charge in [0.15, 0.2) is 0 Å². The Kier molecular flexibility index (Phi) is 7.00. The van der Waals surface area contributed by atoms with Crippen LogP contribution in [0.2, 0.25) is 5.28 Å². The molecule has 0 heterocycles. The van der Waals surface area contributed by atoms with Gasteiger partial charge in [0.05, 0.1) is 0 Å². The van der Waals surface area contributed by atoms with E-state index >= 15 is 0 Å². The van der Waals surface area contributed by atoms with Crippen LogP contribution in [0.15, 0.2) is 36.9 Å². The third-order valence-electron chi connectivity index (χ3n) is 1.38. The first-order valence-corrected chi connectivity index (χ1v) is 5.57. The number of aromatic hydroxyl groups is 1. The van der Waals surface area contributed by atoms with Crippen molar-refractivity contribution in [3.05, 3.63) is 42.5 Å². The van der Waals surface area contributed by atoms with Crippen LogP contribution in [-0.2, 0) is 0 Å². The topological polar surface area (TPSA) is 44.1 Å². The fraction of sp³-hybridized carbons (Fsp3) is 0.100. The zero-order chi connectivity index (χ0) is 10.1. The van der Waals surface area contributed by atoms with Gasteiger partial charge >= 0.3 is 0 Å². The molecule has 0 saturated carbocycles. The van der Waals surface area contributed by atoms with Crippen molar-refractivity contribution in [2.45, 2.75) is 5.28 Å². The number of nitrogens with one attached hydrogen (secondary N) is 1. The largest absolute Gasteiger partial charge is 0.507 e. The van der Waals surface area contributed by atoms with Crippen LogP contribution in [0.1, 0.15) is 5.56 Å². The van der Waals surface area contributed by atoms with Crippen molar-refractivity contribution in [3.8, 4) is 5.75 Å². The molecule has 0 fully saturated rings. The molecule has 2 nitrogen and oxygen atoms in total. The van der Waals surface area contributed by atoms with Crippen LogP contribution in [0.25, 0.3) is 0 Å². The van der Waals surface area contributed by atoms with Crippen LogP contribution in [-0.4, -0.2) is 27.6 Å². The van der Waals surface area contributed by atoms with Crippen molar-refractivity contribution in [1.82, 2.24) is 0 Å². The molecule has 68 valence electrons. The Morgan fingerprint density at radius 3 is 2.31 bits per heavy atom. The minimum absolute atomic E-state index is 0.160. The van der Waals surface area contributed by atoms with Crippen LogP contribution in [0, 0.1) is 5.41 Å². The molecule has 0 aromatic heterocycles. The SMILES string of the molecule is C=C[CH2][AlH2].N=Cc1ccccc1O. The van der Waals surface area contributed by atoms with Gasteiger partial charge in [0.25, 0.3) is 0 Å². The molecule has 0 amide bonds. The van der Waals surface area contributed by atoms with E-state index in [0.717, 1.165) is 6.21 Å². The van der Waals surface area contributed by atoms with Crippen molar-refractivity contribution >= 4 is 22.5 Å². The van der Waals surface area contributed by atoms with Crippen molar-refractivity contribution in [1.29, 1.82) is 5.41 Å². The van der Waals surface area contributed by atoms with Gasteiger partial charge in [-0.3, -0.25) is 0 Å². The lowest BCUT2D eigenvalue weighted by Gasteiger charge is -1.92. The van der Waals surface area contributed by atoms with Gasteiger partial charge in [0.2, 0.25) is 16.3 Å². The van der Waals surface area contributed by atoms with E-state index in [1.54, 1.807) is 24.3 Å². The second-order valence-electron chi connectivity index (χ2n) is 2.40. The summed E-state index contributed by atoms with van der Waals surface area (Å²) in [5.74, 6) is 0.160. The second kappa shape index (κ2) is 7.60. The van der Waals surface area contributed by atoms with Crippen LogP contribution >= 0.6 is 0 Å². The number of rotatable bonds is 2. The number of hydrogen-bond donors (Lipinski definition) is 2. The molecule has 1 aromatic carbocycles. The number of phenols is 1. The molecule has 13 heavy (non-hydrogen) atoms. The third-order valence-corrected chi connectivity index (χ3v) is 1.96. The maximum atomic E-state index is 8.96. The molecule has 0 aliphatic rings. The van der Waals surface area contributed by atoms with Gasteiger partial charge in [-0.15, -0.1) is 12.7 Å². The molecular weight excluding hydrogens is 177 g/mol. The van der Waals surface area contributed by atoms with E-state index in [-0.39, 0.29) is 5.75 Å². The molecule has 0 radical (unpaired) electrons. The fourth-order valence-corrected chi connectivity index (χ4v) is 0.610. The molecule has 2 N–H and O–H groups in total. The van der Waals surface area contributed by atoms with Crippen molar-refractivity contribution in [2.75, 3.05) is 0 Å². The van der Waals surface area contributed by atoms with E-state index in [1.807, 2.05) is 6.08 Å². The van der Waals surface area contributed by atoms with E-state index in [4.69, 9.17) is 10.5 Å². The standard InChI is InChI=1S/C7H7NO.C3H5.Al.2H/c8-5-6-3-1-2-4-7(6)9;1-3-2;;;/h1-5,8-9H;3H,1-2H2;;;. The lowest BCUT2D eigenvalue weighted by molar-refractivity contribution is 0.474. The van der Waals surface area contributed by atoms with Gasteiger partial charge in [-0.2, -0.15) is 0 Å². The molecular formula is C10H14AlNO. The summed E-state index contributed by atoms with van der Waals surface area (Å²) in [6.45, 7) is 3.51. The molecule has 0 spiro atoms. The highest BCUT2D eigenvalue weighted by atomic mass is 27.0. The highest BCUT2D eigenvalue weighted by Gasteiger charge is 1.91. The Hall–Kier alpha value is -1.04.